The second kappa shape index (κ2) is 8.11. The van der Waals surface area contributed by atoms with E-state index in [0.29, 0.717) is 0 Å². The fraction of sp³-hybridized carbons (Fsp3) is 0.0625. The van der Waals surface area contributed by atoms with Gasteiger partial charge in [0.25, 0.3) is 0 Å². The first-order chi connectivity index (χ1) is 8.84. The number of allylic oxidation sites excluding steroid dienone is 4. The third-order valence-electron chi connectivity index (χ3n) is 2.51. The molecule has 1 aliphatic rings. The number of hydrogen-bond acceptors (Lipinski definition) is 2. The summed E-state index contributed by atoms with van der Waals surface area (Å²) in [6.07, 6.45) is 14.7. The van der Waals surface area contributed by atoms with Gasteiger partial charge >= 0.3 is 0 Å². The molecule has 1 heterocycles. The molecular formula is C16H16ClNO. The minimum atomic E-state index is -0.0122. The zero-order valence-corrected chi connectivity index (χ0v) is 11.3. The van der Waals surface area contributed by atoms with E-state index in [1.807, 2.05) is 65.7 Å². The highest BCUT2D eigenvalue weighted by molar-refractivity contribution is 6.01. The Balaban J connectivity index is 0.00000180. The third kappa shape index (κ3) is 5.40. The summed E-state index contributed by atoms with van der Waals surface area (Å²) in [6.45, 7) is 0.808. The van der Waals surface area contributed by atoms with E-state index < -0.39 is 0 Å². The molecule has 0 aliphatic carbocycles. The zero-order chi connectivity index (χ0) is 12.6. The summed E-state index contributed by atoms with van der Waals surface area (Å²) in [5.41, 5.74) is 1.03. The molecular weight excluding hydrogens is 258 g/mol. The largest absolute Gasteiger partial charge is 0.350 e. The Morgan fingerprint density at radius 2 is 1.89 bits per heavy atom. The van der Waals surface area contributed by atoms with E-state index in [1.165, 1.54) is 0 Å². The molecule has 0 fully saturated rings. The Kier molecular flexibility index (Phi) is 6.41. The van der Waals surface area contributed by atoms with Gasteiger partial charge in [-0.1, -0.05) is 48.6 Å². The van der Waals surface area contributed by atoms with E-state index in [0.717, 1.165) is 12.1 Å². The third-order valence-corrected chi connectivity index (χ3v) is 2.51. The first-order valence-electron chi connectivity index (χ1n) is 5.89. The quantitative estimate of drug-likeness (QED) is 0.782. The van der Waals surface area contributed by atoms with Crippen molar-refractivity contribution in [1.29, 1.82) is 0 Å². The van der Waals surface area contributed by atoms with Gasteiger partial charge in [-0.25, -0.2) is 0 Å². The molecule has 1 aliphatic heterocycles. The number of hydrogen-bond donors (Lipinski definition) is 0. The molecule has 0 aromatic heterocycles. The highest BCUT2D eigenvalue weighted by Gasteiger charge is 1.95. The molecule has 2 rings (SSSR count). The molecule has 1 aromatic carbocycles. The summed E-state index contributed by atoms with van der Waals surface area (Å²) in [6, 6.07) is 9.78. The summed E-state index contributed by atoms with van der Waals surface area (Å²) in [5.74, 6) is -0.0122. The number of benzene rings is 1. The number of halogens is 1. The van der Waals surface area contributed by atoms with Gasteiger partial charge in [0, 0.05) is 25.0 Å². The van der Waals surface area contributed by atoms with Crippen LogP contribution >= 0.6 is 12.4 Å². The first-order valence-corrected chi connectivity index (χ1v) is 5.89. The van der Waals surface area contributed by atoms with Gasteiger partial charge < -0.3 is 4.90 Å². The lowest BCUT2D eigenvalue weighted by Gasteiger charge is -2.14. The Morgan fingerprint density at radius 1 is 1.11 bits per heavy atom. The van der Waals surface area contributed by atoms with Crippen LogP contribution in [0.25, 0.3) is 6.08 Å². The lowest BCUT2D eigenvalue weighted by Crippen LogP contribution is -2.11. The van der Waals surface area contributed by atoms with Crippen LogP contribution in [0.3, 0.4) is 0 Å². The Bertz CT molecular complexity index is 515. The van der Waals surface area contributed by atoms with Crippen molar-refractivity contribution in [3.63, 3.8) is 0 Å². The van der Waals surface area contributed by atoms with Gasteiger partial charge in [0.1, 0.15) is 0 Å². The monoisotopic (exact) mass is 273 g/mol. The highest BCUT2D eigenvalue weighted by atomic mass is 35.5. The van der Waals surface area contributed by atoms with Gasteiger partial charge in [-0.2, -0.15) is 0 Å². The molecule has 0 radical (unpaired) electrons. The summed E-state index contributed by atoms with van der Waals surface area (Å²) in [5, 5.41) is 0. The minimum Gasteiger partial charge on any atom is -0.350 e. The SMILES string of the molecule is Cl.O=C(/C=C/c1ccccc1)/C=C/N1C=CC=CC1. The Labute approximate surface area is 119 Å². The van der Waals surface area contributed by atoms with E-state index in [4.69, 9.17) is 0 Å². The smallest absolute Gasteiger partial charge is 0.180 e. The maximum atomic E-state index is 11.6. The Morgan fingerprint density at radius 3 is 2.58 bits per heavy atom. The molecule has 2 nitrogen and oxygen atoms in total. The van der Waals surface area contributed by atoms with Crippen LogP contribution in [0.15, 0.2) is 73.1 Å². The molecule has 98 valence electrons. The van der Waals surface area contributed by atoms with E-state index in [2.05, 4.69) is 0 Å². The molecule has 0 saturated heterocycles. The van der Waals surface area contributed by atoms with Crippen molar-refractivity contribution in [3.05, 3.63) is 78.7 Å². The van der Waals surface area contributed by atoms with E-state index in [-0.39, 0.29) is 18.2 Å². The lowest BCUT2D eigenvalue weighted by atomic mass is 10.2. The molecule has 3 heteroatoms. The summed E-state index contributed by atoms with van der Waals surface area (Å²) < 4.78 is 0. The van der Waals surface area contributed by atoms with Gasteiger partial charge in [0.2, 0.25) is 0 Å². The van der Waals surface area contributed by atoms with Gasteiger partial charge in [-0.15, -0.1) is 12.4 Å². The fourth-order valence-corrected chi connectivity index (χ4v) is 1.56. The summed E-state index contributed by atoms with van der Waals surface area (Å²) >= 11 is 0. The molecule has 0 spiro atoms. The van der Waals surface area contributed by atoms with E-state index >= 15 is 0 Å². The second-order valence-corrected chi connectivity index (χ2v) is 3.93. The average molecular weight is 274 g/mol. The molecule has 0 amide bonds. The summed E-state index contributed by atoms with van der Waals surface area (Å²) in [4.78, 5) is 13.6. The van der Waals surface area contributed by atoms with Crippen molar-refractivity contribution in [2.45, 2.75) is 0 Å². The van der Waals surface area contributed by atoms with Crippen LogP contribution in [-0.2, 0) is 4.79 Å². The van der Waals surface area contributed by atoms with Gasteiger partial charge in [0.15, 0.2) is 5.78 Å². The lowest BCUT2D eigenvalue weighted by molar-refractivity contribution is -0.110. The van der Waals surface area contributed by atoms with Crippen molar-refractivity contribution < 1.29 is 4.79 Å². The standard InChI is InChI=1S/C16H15NO.ClH/c18-16(10-9-15-7-3-1-4-8-15)11-14-17-12-5-2-6-13-17;/h1-12,14H,13H2;1H/b10-9+,14-11+;. The molecule has 0 unspecified atom stereocenters. The maximum absolute atomic E-state index is 11.6. The van der Waals surface area contributed by atoms with Gasteiger partial charge in [-0.05, 0) is 17.7 Å². The van der Waals surface area contributed by atoms with Crippen LogP contribution in [0.4, 0.5) is 0 Å². The van der Waals surface area contributed by atoms with Gasteiger partial charge in [0.05, 0.1) is 0 Å². The van der Waals surface area contributed by atoms with Crippen molar-refractivity contribution >= 4 is 24.3 Å². The van der Waals surface area contributed by atoms with Crippen LogP contribution < -0.4 is 0 Å². The first kappa shape index (κ1) is 15.0. The predicted octanol–water partition coefficient (Wildman–Crippen LogP) is 3.59. The van der Waals surface area contributed by atoms with Crippen molar-refractivity contribution in [1.82, 2.24) is 4.90 Å². The number of carbonyl (C=O) groups excluding carboxylic acids is 1. The molecule has 0 N–H and O–H groups in total. The Hall–Kier alpha value is -2.06. The topological polar surface area (TPSA) is 20.3 Å². The van der Waals surface area contributed by atoms with Crippen molar-refractivity contribution in [2.75, 3.05) is 6.54 Å². The van der Waals surface area contributed by atoms with Crippen molar-refractivity contribution in [3.8, 4) is 0 Å². The molecule has 1 aromatic rings. The molecule has 0 bridgehead atoms. The predicted molar refractivity (Wildman–Crippen MR) is 81.9 cm³/mol. The fourth-order valence-electron chi connectivity index (χ4n) is 1.56. The highest BCUT2D eigenvalue weighted by Crippen LogP contribution is 2.02. The van der Waals surface area contributed by atoms with Crippen molar-refractivity contribution in [2.24, 2.45) is 0 Å². The van der Waals surface area contributed by atoms with E-state index in [9.17, 15) is 4.79 Å². The van der Waals surface area contributed by atoms with Crippen LogP contribution in [-0.4, -0.2) is 17.2 Å². The molecule has 0 saturated carbocycles. The van der Waals surface area contributed by atoms with Crippen LogP contribution in [0.2, 0.25) is 0 Å². The van der Waals surface area contributed by atoms with Crippen LogP contribution in [0, 0.1) is 0 Å². The number of ketones is 1. The van der Waals surface area contributed by atoms with Crippen LogP contribution in [0.5, 0.6) is 0 Å². The normalized spacial score (nSPS) is 14.0. The summed E-state index contributed by atoms with van der Waals surface area (Å²) in [7, 11) is 0. The van der Waals surface area contributed by atoms with E-state index in [1.54, 1.807) is 18.4 Å². The number of carbonyl (C=O) groups is 1. The second-order valence-electron chi connectivity index (χ2n) is 3.93. The van der Waals surface area contributed by atoms with Gasteiger partial charge in [-0.3, -0.25) is 4.79 Å². The number of nitrogens with zero attached hydrogens (tertiary/aromatic N) is 1. The zero-order valence-electron chi connectivity index (χ0n) is 10.5. The molecule has 0 atom stereocenters. The minimum absolute atomic E-state index is 0. The molecule has 19 heavy (non-hydrogen) atoms. The number of rotatable bonds is 4. The maximum Gasteiger partial charge on any atom is 0.180 e. The van der Waals surface area contributed by atoms with Crippen LogP contribution in [0.1, 0.15) is 5.56 Å². The average Bonchev–Trinajstić information content (AvgIpc) is 2.45.